The van der Waals surface area contributed by atoms with Crippen LogP contribution in [0.3, 0.4) is 0 Å². The van der Waals surface area contributed by atoms with Crippen molar-refractivity contribution in [2.24, 2.45) is 0 Å². The standard InChI is InChI=1S/C8H18FNO4S2/c1-10(2,3)5-7-15-6-4-8(9)14-16(11,12)13/h8H,4-7H2,1-3H3. The van der Waals surface area contributed by atoms with E-state index in [0.29, 0.717) is 5.75 Å². The zero-order valence-corrected chi connectivity index (χ0v) is 11.3. The van der Waals surface area contributed by atoms with Gasteiger partial charge in [-0.3, -0.25) is 0 Å². The molecule has 1 unspecified atom stereocenters. The Bertz CT molecular complexity index is 289. The first kappa shape index (κ1) is 16.1. The number of nitrogens with zero attached hydrogens (tertiary/aromatic N) is 1. The fourth-order valence-electron chi connectivity index (χ4n) is 0.792. The molecule has 0 aliphatic rings. The Kier molecular flexibility index (Phi) is 6.80. The summed E-state index contributed by atoms with van der Waals surface area (Å²) >= 11 is 1.50. The highest BCUT2D eigenvalue weighted by Gasteiger charge is 2.11. The second kappa shape index (κ2) is 6.75. The van der Waals surface area contributed by atoms with Gasteiger partial charge < -0.3 is 9.04 Å². The van der Waals surface area contributed by atoms with E-state index in [2.05, 4.69) is 4.18 Å². The van der Waals surface area contributed by atoms with Crippen LogP contribution in [-0.2, 0) is 14.6 Å². The van der Waals surface area contributed by atoms with Crippen LogP contribution in [0.25, 0.3) is 0 Å². The molecular weight excluding hydrogens is 257 g/mol. The molecule has 0 amide bonds. The minimum atomic E-state index is -4.93. The SMILES string of the molecule is C[N+](C)(C)CCSCCC(F)OS(=O)(=O)[O-]. The first-order chi connectivity index (χ1) is 7.10. The summed E-state index contributed by atoms with van der Waals surface area (Å²) < 4.78 is 47.3. The third kappa shape index (κ3) is 12.2. The van der Waals surface area contributed by atoms with Crippen LogP contribution in [0.2, 0.25) is 0 Å². The highest BCUT2D eigenvalue weighted by molar-refractivity contribution is 7.99. The van der Waals surface area contributed by atoms with Gasteiger partial charge in [-0.05, 0) is 5.75 Å². The Morgan fingerprint density at radius 3 is 2.38 bits per heavy atom. The second-order valence-corrected chi connectivity index (χ2v) is 6.56. The lowest BCUT2D eigenvalue weighted by Gasteiger charge is -2.23. The molecule has 0 heterocycles. The van der Waals surface area contributed by atoms with Gasteiger partial charge in [0, 0.05) is 12.2 Å². The van der Waals surface area contributed by atoms with E-state index in [9.17, 15) is 17.4 Å². The maximum atomic E-state index is 12.7. The molecule has 0 aromatic heterocycles. The Labute approximate surface area is 101 Å². The number of alkyl halides is 1. The van der Waals surface area contributed by atoms with E-state index in [1.54, 1.807) is 0 Å². The second-order valence-electron chi connectivity index (χ2n) is 4.33. The number of rotatable bonds is 8. The number of quaternary nitrogens is 1. The molecule has 0 aliphatic heterocycles. The molecule has 8 heteroatoms. The highest BCUT2D eigenvalue weighted by atomic mass is 32.3. The van der Waals surface area contributed by atoms with Crippen molar-refractivity contribution in [2.75, 3.05) is 39.2 Å². The largest absolute Gasteiger partial charge is 0.725 e. The smallest absolute Gasteiger partial charge is 0.220 e. The molecule has 16 heavy (non-hydrogen) atoms. The predicted molar refractivity (Wildman–Crippen MR) is 60.5 cm³/mol. The van der Waals surface area contributed by atoms with Gasteiger partial charge in [-0.25, -0.2) is 17.0 Å². The van der Waals surface area contributed by atoms with Crippen molar-refractivity contribution in [3.8, 4) is 0 Å². The third-order valence-corrected chi connectivity index (χ3v) is 3.06. The summed E-state index contributed by atoms with van der Waals surface area (Å²) in [6, 6.07) is 0. The van der Waals surface area contributed by atoms with Crippen LogP contribution in [0.4, 0.5) is 4.39 Å². The van der Waals surface area contributed by atoms with Crippen LogP contribution in [0.15, 0.2) is 0 Å². The van der Waals surface area contributed by atoms with Crippen molar-refractivity contribution in [3.63, 3.8) is 0 Å². The van der Waals surface area contributed by atoms with Crippen LogP contribution in [0.1, 0.15) is 6.42 Å². The maximum Gasteiger partial charge on any atom is 0.220 e. The quantitative estimate of drug-likeness (QED) is 0.281. The lowest BCUT2D eigenvalue weighted by Crippen LogP contribution is -2.36. The number of hydrogen-bond acceptors (Lipinski definition) is 5. The molecule has 0 saturated heterocycles. The summed E-state index contributed by atoms with van der Waals surface area (Å²) in [5, 5.41) is 0. The molecular formula is C8H18FNO4S2. The van der Waals surface area contributed by atoms with Gasteiger partial charge in [-0.15, -0.1) is 0 Å². The molecule has 0 aromatic rings. The van der Waals surface area contributed by atoms with Crippen molar-refractivity contribution in [1.82, 2.24) is 0 Å². The molecule has 0 saturated carbocycles. The van der Waals surface area contributed by atoms with E-state index in [0.717, 1.165) is 16.8 Å². The summed E-state index contributed by atoms with van der Waals surface area (Å²) in [5.41, 5.74) is 0. The summed E-state index contributed by atoms with van der Waals surface area (Å²) in [5.74, 6) is 1.27. The number of hydrogen-bond donors (Lipinski definition) is 0. The molecule has 0 aromatic carbocycles. The maximum absolute atomic E-state index is 12.7. The van der Waals surface area contributed by atoms with Crippen molar-refractivity contribution >= 4 is 22.2 Å². The van der Waals surface area contributed by atoms with Gasteiger partial charge in [-0.1, -0.05) is 0 Å². The molecule has 0 spiro atoms. The molecule has 5 nitrogen and oxygen atoms in total. The molecule has 0 aliphatic carbocycles. The summed E-state index contributed by atoms with van der Waals surface area (Å²) in [6.07, 6.45) is -2.12. The van der Waals surface area contributed by atoms with Crippen molar-refractivity contribution in [3.05, 3.63) is 0 Å². The van der Waals surface area contributed by atoms with Gasteiger partial charge in [0.15, 0.2) is 0 Å². The van der Waals surface area contributed by atoms with E-state index in [4.69, 9.17) is 0 Å². The van der Waals surface area contributed by atoms with Crippen LogP contribution < -0.4 is 0 Å². The van der Waals surface area contributed by atoms with E-state index < -0.39 is 16.8 Å². The summed E-state index contributed by atoms with van der Waals surface area (Å²) in [4.78, 5) is 0. The zero-order valence-electron chi connectivity index (χ0n) is 9.68. The Morgan fingerprint density at radius 2 is 1.94 bits per heavy atom. The topological polar surface area (TPSA) is 66.4 Å². The normalized spacial score (nSPS) is 15.1. The van der Waals surface area contributed by atoms with Crippen LogP contribution >= 0.6 is 11.8 Å². The van der Waals surface area contributed by atoms with E-state index in [-0.39, 0.29) is 6.42 Å². The zero-order chi connectivity index (χ0) is 12.8. The first-order valence-electron chi connectivity index (χ1n) is 4.76. The average Bonchev–Trinajstić information content (AvgIpc) is 1.97. The van der Waals surface area contributed by atoms with Crippen molar-refractivity contribution in [2.45, 2.75) is 12.8 Å². The van der Waals surface area contributed by atoms with E-state index in [1.165, 1.54) is 11.8 Å². The fourth-order valence-corrected chi connectivity index (χ4v) is 2.38. The predicted octanol–water partition coefficient (Wildman–Crippen LogP) is 0.588. The van der Waals surface area contributed by atoms with Crippen LogP contribution in [0, 0.1) is 0 Å². The van der Waals surface area contributed by atoms with Gasteiger partial charge >= 0.3 is 0 Å². The van der Waals surface area contributed by atoms with Gasteiger partial charge in [-0.2, -0.15) is 11.8 Å². The highest BCUT2D eigenvalue weighted by Crippen LogP contribution is 2.10. The lowest BCUT2D eigenvalue weighted by molar-refractivity contribution is -0.867. The van der Waals surface area contributed by atoms with Crippen molar-refractivity contribution in [1.29, 1.82) is 0 Å². The van der Waals surface area contributed by atoms with Gasteiger partial charge in [0.1, 0.15) is 0 Å². The van der Waals surface area contributed by atoms with E-state index >= 15 is 0 Å². The molecule has 0 fully saturated rings. The van der Waals surface area contributed by atoms with Gasteiger partial charge in [0.25, 0.3) is 0 Å². The fraction of sp³-hybridized carbons (Fsp3) is 1.00. The molecule has 0 rings (SSSR count). The monoisotopic (exact) mass is 275 g/mol. The van der Waals surface area contributed by atoms with Gasteiger partial charge in [0.05, 0.1) is 27.7 Å². The number of halogens is 1. The first-order valence-corrected chi connectivity index (χ1v) is 7.25. The number of thioether (sulfide) groups is 1. The van der Waals surface area contributed by atoms with Gasteiger partial charge in [0.2, 0.25) is 16.8 Å². The molecule has 0 radical (unpaired) electrons. The molecule has 1 atom stereocenters. The third-order valence-electron chi connectivity index (χ3n) is 1.62. The molecule has 0 N–H and O–H groups in total. The summed E-state index contributed by atoms with van der Waals surface area (Å²) in [7, 11) is 1.22. The average molecular weight is 275 g/mol. The lowest BCUT2D eigenvalue weighted by atomic mass is 10.5. The minimum absolute atomic E-state index is 0.0940. The van der Waals surface area contributed by atoms with Crippen LogP contribution in [-0.4, -0.2) is 63.0 Å². The Balaban J connectivity index is 3.53. The molecule has 98 valence electrons. The molecule has 0 bridgehead atoms. The Hall–Kier alpha value is 0.110. The Morgan fingerprint density at radius 1 is 1.38 bits per heavy atom. The van der Waals surface area contributed by atoms with E-state index in [1.807, 2.05) is 21.1 Å². The van der Waals surface area contributed by atoms with Crippen molar-refractivity contribution < 1.29 is 26.0 Å². The van der Waals surface area contributed by atoms with Crippen LogP contribution in [0.5, 0.6) is 0 Å². The summed E-state index contributed by atoms with van der Waals surface area (Å²) in [6.45, 7) is 0.933. The minimum Gasteiger partial charge on any atom is -0.725 e.